The number of fused-ring (bicyclic) bond motifs is 1. The molecule has 1 aliphatic rings. The van der Waals surface area contributed by atoms with Crippen molar-refractivity contribution in [3.8, 4) is 0 Å². The largest absolute Gasteiger partial charge is 0.325 e. The van der Waals surface area contributed by atoms with E-state index in [-0.39, 0.29) is 71.5 Å². The Bertz CT molecular complexity index is 2260. The Morgan fingerprint density at radius 1 is 0.431 bits per heavy atom. The van der Waals surface area contributed by atoms with Crippen molar-refractivity contribution in [3.05, 3.63) is 131 Å². The van der Waals surface area contributed by atoms with Gasteiger partial charge in [0, 0.05) is 22.9 Å². The molecular weight excluding hydrogens is 869 g/mol. The quantitative estimate of drug-likeness (QED) is 0.0831. The van der Waals surface area contributed by atoms with Crippen LogP contribution in [0.3, 0.4) is 0 Å². The third-order valence-corrected chi connectivity index (χ3v) is 22.7. The number of hydrogen-bond donors (Lipinski definition) is 2. The Hall–Kier alpha value is -2.94. The molecule has 0 saturated heterocycles. The van der Waals surface area contributed by atoms with Crippen LogP contribution in [-0.2, 0) is 12.8 Å². The molecular formula is C70H114N2. The molecule has 0 radical (unpaired) electrons. The molecule has 0 amide bonds. The maximum absolute atomic E-state index is 7.66. The predicted molar refractivity (Wildman–Crippen MR) is 320 cm³/mol. The average Bonchev–Trinajstić information content (AvgIpc) is 3.24. The maximum atomic E-state index is 7.66. The standard InChI is InChI=1S/C70H114N2/c1-26-55(46-62(9,10)60(5,6)43-33-34-44-61(7,8)69(23,24)70(25,72)58(47-59(2,3)4)52-37-31-28-32-38-52)65(15,16)63(11,12)48-56(54-42-40-50-39-41-53(50)45-54)66(17,18)68(21,22)64(13,14)49-57(67(19,20)71)51-35-29-27-30-36-51/h26-38,40,42,45,55-58H,1,39,41,43-44,46-49,71-72H2,2-25H3/b34-33-. The lowest BCUT2D eigenvalue weighted by Gasteiger charge is -2.59. The molecule has 0 heterocycles. The van der Waals surface area contributed by atoms with E-state index in [0.717, 1.165) is 38.5 Å². The van der Waals surface area contributed by atoms with Crippen LogP contribution in [-0.4, -0.2) is 11.1 Å². The number of hydrogen-bond acceptors (Lipinski definition) is 2. The Morgan fingerprint density at radius 3 is 1.32 bits per heavy atom. The third kappa shape index (κ3) is 12.7. The molecule has 4 rings (SSSR count). The second-order valence-corrected chi connectivity index (χ2v) is 31.3. The highest BCUT2D eigenvalue weighted by Crippen LogP contribution is 2.65. The lowest BCUT2D eigenvalue weighted by molar-refractivity contribution is -0.0698. The second-order valence-electron chi connectivity index (χ2n) is 31.3. The van der Waals surface area contributed by atoms with Gasteiger partial charge >= 0.3 is 0 Å². The van der Waals surface area contributed by atoms with Gasteiger partial charge in [-0.05, 0) is 166 Å². The Morgan fingerprint density at radius 2 is 0.889 bits per heavy atom. The Labute approximate surface area is 447 Å². The summed E-state index contributed by atoms with van der Waals surface area (Å²) in [5, 5.41) is 0. The first-order chi connectivity index (χ1) is 32.4. The topological polar surface area (TPSA) is 52.0 Å². The second kappa shape index (κ2) is 21.2. The summed E-state index contributed by atoms with van der Waals surface area (Å²) in [6.45, 7) is 63.9. The highest BCUT2D eigenvalue weighted by atomic mass is 14.8. The van der Waals surface area contributed by atoms with E-state index in [1.165, 1.54) is 35.1 Å². The van der Waals surface area contributed by atoms with Gasteiger partial charge in [-0.3, -0.25) is 0 Å². The first-order valence-electron chi connectivity index (χ1n) is 28.5. The van der Waals surface area contributed by atoms with Gasteiger partial charge in [-0.25, -0.2) is 0 Å². The fourth-order valence-corrected chi connectivity index (χ4v) is 13.0. The predicted octanol–water partition coefficient (Wildman–Crippen LogP) is 19.9. The summed E-state index contributed by atoms with van der Waals surface area (Å²) < 4.78 is 0. The van der Waals surface area contributed by atoms with E-state index >= 15 is 0 Å². The van der Waals surface area contributed by atoms with Gasteiger partial charge in [0.05, 0.1) is 0 Å². The number of rotatable bonds is 25. The summed E-state index contributed by atoms with van der Waals surface area (Å²) in [5.74, 6) is 1.12. The van der Waals surface area contributed by atoms with E-state index in [4.69, 9.17) is 11.5 Å². The van der Waals surface area contributed by atoms with E-state index in [2.05, 4.69) is 270 Å². The molecule has 0 saturated carbocycles. The number of allylic oxidation sites excluding steroid dienone is 3. The summed E-state index contributed by atoms with van der Waals surface area (Å²) in [6.07, 6.45) is 15.9. The van der Waals surface area contributed by atoms with Crippen LogP contribution in [0.5, 0.6) is 0 Å². The van der Waals surface area contributed by atoms with Crippen LogP contribution < -0.4 is 11.5 Å². The highest BCUT2D eigenvalue weighted by Gasteiger charge is 2.56. The SMILES string of the molecule is C=CC(CC(C)(C)C(C)(C)C/C=C\CC(C)(C)C(C)(C)C(C)(N)C(CC(C)(C)C)c1ccccc1)C(C)(C)C(C)(C)CC(c1ccc2c(c1)CC2)C(C)(C)C(C)(C)C(C)(C)CC(c1ccccc1)C(C)(C)N. The minimum Gasteiger partial charge on any atom is -0.325 e. The minimum absolute atomic E-state index is 0.0226. The Balaban J connectivity index is 1.61. The van der Waals surface area contributed by atoms with E-state index in [9.17, 15) is 0 Å². The third-order valence-electron chi connectivity index (χ3n) is 22.7. The van der Waals surface area contributed by atoms with Gasteiger partial charge in [-0.1, -0.05) is 242 Å². The zero-order valence-electron chi connectivity index (χ0n) is 51.6. The van der Waals surface area contributed by atoms with Crippen LogP contribution >= 0.6 is 0 Å². The van der Waals surface area contributed by atoms with Crippen molar-refractivity contribution in [3.63, 3.8) is 0 Å². The molecule has 2 nitrogen and oxygen atoms in total. The van der Waals surface area contributed by atoms with Crippen LogP contribution in [0.1, 0.15) is 250 Å². The van der Waals surface area contributed by atoms with Crippen LogP contribution in [0.15, 0.2) is 104 Å². The van der Waals surface area contributed by atoms with Crippen molar-refractivity contribution >= 4 is 0 Å². The van der Waals surface area contributed by atoms with Crippen LogP contribution in [0.25, 0.3) is 0 Å². The van der Waals surface area contributed by atoms with Crippen LogP contribution in [0, 0.1) is 60.1 Å². The van der Waals surface area contributed by atoms with Gasteiger partial charge in [-0.2, -0.15) is 0 Å². The van der Waals surface area contributed by atoms with E-state index in [0.29, 0.717) is 11.8 Å². The number of benzene rings is 3. The summed E-state index contributed by atoms with van der Waals surface area (Å²) in [6, 6.07) is 29.6. The molecule has 0 aliphatic heterocycles. The molecule has 404 valence electrons. The zero-order chi connectivity index (χ0) is 55.2. The lowest BCUT2D eigenvalue weighted by Crippen LogP contribution is -2.60. The van der Waals surface area contributed by atoms with Gasteiger partial charge < -0.3 is 11.5 Å². The fraction of sp³-hybridized carbons (Fsp3) is 0.686. The van der Waals surface area contributed by atoms with Crippen molar-refractivity contribution in [2.24, 2.45) is 71.5 Å². The molecule has 72 heavy (non-hydrogen) atoms. The minimum atomic E-state index is -0.432. The van der Waals surface area contributed by atoms with Gasteiger partial charge in [0.2, 0.25) is 0 Å². The van der Waals surface area contributed by atoms with Crippen molar-refractivity contribution in [2.45, 2.75) is 246 Å². The maximum Gasteiger partial charge on any atom is 0.0252 e. The molecule has 2 heteroatoms. The molecule has 0 aromatic heterocycles. The van der Waals surface area contributed by atoms with Gasteiger partial charge in [0.25, 0.3) is 0 Å². The summed E-state index contributed by atoms with van der Waals surface area (Å²) in [7, 11) is 0. The van der Waals surface area contributed by atoms with Crippen LogP contribution in [0.4, 0.5) is 0 Å². The van der Waals surface area contributed by atoms with Crippen LogP contribution in [0.2, 0.25) is 0 Å². The zero-order valence-corrected chi connectivity index (χ0v) is 51.6. The molecule has 1 aliphatic carbocycles. The fourth-order valence-electron chi connectivity index (χ4n) is 13.0. The molecule has 5 unspecified atom stereocenters. The summed E-state index contributed by atoms with van der Waals surface area (Å²) in [5.41, 5.74) is 21.1. The van der Waals surface area contributed by atoms with Crippen molar-refractivity contribution in [1.82, 2.24) is 0 Å². The molecule has 0 spiro atoms. The van der Waals surface area contributed by atoms with Gasteiger partial charge in [0.1, 0.15) is 0 Å². The first-order valence-corrected chi connectivity index (χ1v) is 28.5. The molecule has 3 aromatic carbocycles. The summed E-state index contributed by atoms with van der Waals surface area (Å²) in [4.78, 5) is 0. The summed E-state index contributed by atoms with van der Waals surface area (Å²) >= 11 is 0. The number of aryl methyl sites for hydroxylation is 2. The monoisotopic (exact) mass is 983 g/mol. The molecule has 0 bridgehead atoms. The lowest BCUT2D eigenvalue weighted by atomic mass is 9.45. The highest BCUT2D eigenvalue weighted by molar-refractivity contribution is 5.41. The molecule has 5 atom stereocenters. The molecule has 4 N–H and O–H groups in total. The molecule has 3 aromatic rings. The van der Waals surface area contributed by atoms with Crippen molar-refractivity contribution in [1.29, 1.82) is 0 Å². The smallest absolute Gasteiger partial charge is 0.0252 e. The van der Waals surface area contributed by atoms with Crippen molar-refractivity contribution < 1.29 is 0 Å². The van der Waals surface area contributed by atoms with Gasteiger partial charge in [0.15, 0.2) is 0 Å². The van der Waals surface area contributed by atoms with E-state index < -0.39 is 5.54 Å². The normalized spacial score (nSPS) is 17.7. The molecule has 0 fully saturated rings. The van der Waals surface area contributed by atoms with E-state index in [1.54, 1.807) is 5.56 Å². The first kappa shape index (κ1) is 61.6. The number of nitrogens with two attached hydrogens (primary N) is 2. The average molecular weight is 984 g/mol. The van der Waals surface area contributed by atoms with Gasteiger partial charge in [-0.15, -0.1) is 6.58 Å². The Kier molecular flexibility index (Phi) is 18.2. The van der Waals surface area contributed by atoms with E-state index in [1.807, 2.05) is 0 Å². The van der Waals surface area contributed by atoms with Crippen molar-refractivity contribution in [2.75, 3.05) is 0 Å².